The Labute approximate surface area is 161 Å². The van der Waals surface area contributed by atoms with Crippen molar-refractivity contribution in [1.29, 1.82) is 0 Å². The van der Waals surface area contributed by atoms with Gasteiger partial charge < -0.3 is 20.4 Å². The van der Waals surface area contributed by atoms with Crippen LogP contribution in [0, 0.1) is 0 Å². The van der Waals surface area contributed by atoms with E-state index < -0.39 is 0 Å². The fourth-order valence-electron chi connectivity index (χ4n) is 1.96. The van der Waals surface area contributed by atoms with E-state index in [0.29, 0.717) is 5.82 Å². The van der Waals surface area contributed by atoms with Gasteiger partial charge in [-0.05, 0) is 24.3 Å². The van der Waals surface area contributed by atoms with Crippen molar-refractivity contribution in [2.45, 2.75) is 0 Å². The van der Waals surface area contributed by atoms with Gasteiger partial charge in [0.1, 0.15) is 35.7 Å². The summed E-state index contributed by atoms with van der Waals surface area (Å²) in [5.74, 6) is 1.07. The summed E-state index contributed by atoms with van der Waals surface area (Å²) in [5, 5.41) is 34.6. The maximum Gasteiger partial charge on any atom is 0.162 e. The molecule has 0 atom stereocenters. The van der Waals surface area contributed by atoms with Gasteiger partial charge in [-0.25, -0.2) is 15.0 Å². The molecule has 28 heavy (non-hydrogen) atoms. The molecule has 0 spiro atoms. The van der Waals surface area contributed by atoms with Crippen LogP contribution in [0.1, 0.15) is 0 Å². The number of benzene rings is 3. The lowest BCUT2D eigenvalue weighted by Gasteiger charge is -1.95. The standard InChI is InChI=1S/C9H7N3.2C6H6O2/c1-2-4-8(5-3-1)9-11-6-10-7-12-9;2*7-5-2-1-3-6(8)4-5/h1-7H;2*1-4,7-8H. The molecular formula is C21H19N3O4. The SMILES string of the molecule is Oc1cccc(O)c1.Oc1cccc(O)c1.c1ccc(-c2ncncn2)cc1. The molecule has 7 nitrogen and oxygen atoms in total. The number of hydrogen-bond acceptors (Lipinski definition) is 7. The monoisotopic (exact) mass is 377 g/mol. The second-order valence-electron chi connectivity index (χ2n) is 5.37. The van der Waals surface area contributed by atoms with E-state index in [1.165, 1.54) is 49.1 Å². The normalized spacial score (nSPS) is 9.29. The number of phenolic OH excluding ortho intramolecular Hbond substituents is 4. The number of aromatic hydroxyl groups is 4. The number of nitrogens with zero attached hydrogens (tertiary/aromatic N) is 3. The van der Waals surface area contributed by atoms with Gasteiger partial charge in [0.05, 0.1) is 0 Å². The first-order chi connectivity index (χ1) is 13.5. The summed E-state index contributed by atoms with van der Waals surface area (Å²) < 4.78 is 0. The summed E-state index contributed by atoms with van der Waals surface area (Å²) in [6, 6.07) is 21.5. The maximum atomic E-state index is 8.65. The minimum atomic E-state index is 0.0880. The third kappa shape index (κ3) is 7.40. The Hall–Kier alpha value is -4.13. The largest absolute Gasteiger partial charge is 0.508 e. The topological polar surface area (TPSA) is 120 Å². The highest BCUT2D eigenvalue weighted by Gasteiger charge is 1.96. The van der Waals surface area contributed by atoms with Gasteiger partial charge in [-0.15, -0.1) is 0 Å². The molecule has 0 radical (unpaired) electrons. The molecule has 4 rings (SSSR count). The van der Waals surface area contributed by atoms with Crippen LogP contribution < -0.4 is 0 Å². The molecule has 7 heteroatoms. The summed E-state index contributed by atoms with van der Waals surface area (Å²) in [6.45, 7) is 0. The van der Waals surface area contributed by atoms with Gasteiger partial charge in [-0.3, -0.25) is 0 Å². The Morgan fingerprint density at radius 1 is 0.500 bits per heavy atom. The Bertz CT molecular complexity index is 852. The first-order valence-electron chi connectivity index (χ1n) is 8.18. The Morgan fingerprint density at radius 3 is 1.29 bits per heavy atom. The molecular weight excluding hydrogens is 358 g/mol. The zero-order valence-electron chi connectivity index (χ0n) is 14.8. The van der Waals surface area contributed by atoms with Crippen LogP contribution in [0.4, 0.5) is 0 Å². The van der Waals surface area contributed by atoms with Crippen molar-refractivity contribution in [3.8, 4) is 34.4 Å². The predicted molar refractivity (Wildman–Crippen MR) is 105 cm³/mol. The zero-order chi connectivity index (χ0) is 20.2. The first-order valence-corrected chi connectivity index (χ1v) is 8.18. The lowest BCUT2D eigenvalue weighted by Crippen LogP contribution is -1.87. The van der Waals surface area contributed by atoms with Crippen LogP contribution in [-0.2, 0) is 0 Å². The van der Waals surface area contributed by atoms with Crippen LogP contribution in [0.15, 0.2) is 91.5 Å². The van der Waals surface area contributed by atoms with Gasteiger partial charge in [0.15, 0.2) is 5.82 Å². The van der Waals surface area contributed by atoms with Crippen molar-refractivity contribution in [2.24, 2.45) is 0 Å². The molecule has 0 saturated heterocycles. The van der Waals surface area contributed by atoms with Crippen LogP contribution in [0.25, 0.3) is 11.4 Å². The highest BCUT2D eigenvalue weighted by atomic mass is 16.3. The summed E-state index contributed by atoms with van der Waals surface area (Å²) in [6.07, 6.45) is 2.99. The van der Waals surface area contributed by atoms with Crippen molar-refractivity contribution < 1.29 is 20.4 Å². The molecule has 1 heterocycles. The highest BCUT2D eigenvalue weighted by molar-refractivity contribution is 5.53. The highest BCUT2D eigenvalue weighted by Crippen LogP contribution is 2.15. The van der Waals surface area contributed by atoms with Crippen molar-refractivity contribution >= 4 is 0 Å². The van der Waals surface area contributed by atoms with E-state index >= 15 is 0 Å². The summed E-state index contributed by atoms with van der Waals surface area (Å²) in [7, 11) is 0. The Balaban J connectivity index is 0.000000156. The fourth-order valence-corrected chi connectivity index (χ4v) is 1.96. The average Bonchev–Trinajstić information content (AvgIpc) is 2.70. The lowest BCUT2D eigenvalue weighted by atomic mass is 10.2. The number of hydrogen-bond donors (Lipinski definition) is 4. The average molecular weight is 377 g/mol. The molecule has 0 saturated carbocycles. The molecule has 0 aliphatic carbocycles. The third-order valence-electron chi connectivity index (χ3n) is 3.18. The van der Waals surface area contributed by atoms with Crippen molar-refractivity contribution in [3.05, 3.63) is 91.5 Å². The minimum absolute atomic E-state index is 0.0880. The van der Waals surface area contributed by atoms with Crippen LogP contribution in [-0.4, -0.2) is 35.4 Å². The second-order valence-corrected chi connectivity index (χ2v) is 5.37. The third-order valence-corrected chi connectivity index (χ3v) is 3.18. The Kier molecular flexibility index (Phi) is 7.76. The molecule has 0 aliphatic heterocycles. The predicted octanol–water partition coefficient (Wildman–Crippen LogP) is 3.73. The van der Waals surface area contributed by atoms with E-state index in [-0.39, 0.29) is 23.0 Å². The molecule has 0 bridgehead atoms. The number of aromatic nitrogens is 3. The van der Waals surface area contributed by atoms with Crippen LogP contribution in [0.3, 0.4) is 0 Å². The van der Waals surface area contributed by atoms with Crippen LogP contribution in [0.5, 0.6) is 23.0 Å². The number of rotatable bonds is 1. The molecule has 142 valence electrons. The molecule has 0 unspecified atom stereocenters. The quantitative estimate of drug-likeness (QED) is 0.399. The fraction of sp³-hybridized carbons (Fsp3) is 0. The molecule has 4 aromatic rings. The van der Waals surface area contributed by atoms with Gasteiger partial charge in [0.25, 0.3) is 0 Å². The van der Waals surface area contributed by atoms with E-state index in [1.54, 1.807) is 12.1 Å². The lowest BCUT2D eigenvalue weighted by molar-refractivity contribution is 0.449. The minimum Gasteiger partial charge on any atom is -0.508 e. The molecule has 0 aliphatic rings. The van der Waals surface area contributed by atoms with Crippen LogP contribution in [0.2, 0.25) is 0 Å². The van der Waals surface area contributed by atoms with E-state index in [9.17, 15) is 0 Å². The second kappa shape index (κ2) is 10.8. The molecule has 0 amide bonds. The van der Waals surface area contributed by atoms with Crippen LogP contribution >= 0.6 is 0 Å². The summed E-state index contributed by atoms with van der Waals surface area (Å²) in [4.78, 5) is 11.8. The van der Waals surface area contributed by atoms with Gasteiger partial charge >= 0.3 is 0 Å². The zero-order valence-corrected chi connectivity index (χ0v) is 14.8. The maximum absolute atomic E-state index is 8.65. The molecule has 0 fully saturated rings. The summed E-state index contributed by atoms with van der Waals surface area (Å²) in [5.41, 5.74) is 1.01. The van der Waals surface area contributed by atoms with E-state index in [0.717, 1.165) is 5.56 Å². The van der Waals surface area contributed by atoms with E-state index in [2.05, 4.69) is 15.0 Å². The molecule has 4 N–H and O–H groups in total. The molecule has 3 aromatic carbocycles. The number of phenols is 4. The smallest absolute Gasteiger partial charge is 0.162 e. The van der Waals surface area contributed by atoms with E-state index in [4.69, 9.17) is 20.4 Å². The van der Waals surface area contributed by atoms with Crippen molar-refractivity contribution in [1.82, 2.24) is 15.0 Å². The van der Waals surface area contributed by atoms with Crippen molar-refractivity contribution in [3.63, 3.8) is 0 Å². The first kappa shape index (κ1) is 20.2. The molecule has 1 aromatic heterocycles. The Morgan fingerprint density at radius 2 is 0.929 bits per heavy atom. The van der Waals surface area contributed by atoms with Gasteiger partial charge in [-0.2, -0.15) is 0 Å². The van der Waals surface area contributed by atoms with Gasteiger partial charge in [-0.1, -0.05) is 42.5 Å². The van der Waals surface area contributed by atoms with Crippen molar-refractivity contribution in [2.75, 3.05) is 0 Å². The summed E-state index contributed by atoms with van der Waals surface area (Å²) >= 11 is 0. The van der Waals surface area contributed by atoms with Gasteiger partial charge in [0.2, 0.25) is 0 Å². The van der Waals surface area contributed by atoms with Gasteiger partial charge in [0, 0.05) is 17.7 Å². The van der Waals surface area contributed by atoms with E-state index in [1.807, 2.05) is 30.3 Å².